The van der Waals surface area contributed by atoms with Crippen LogP contribution in [-0.2, 0) is 0 Å². The number of anilines is 1. The van der Waals surface area contributed by atoms with Crippen LogP contribution in [0, 0.1) is 0 Å². The number of halogens is 2. The van der Waals surface area contributed by atoms with Gasteiger partial charge in [0.2, 0.25) is 5.55 Å². The summed E-state index contributed by atoms with van der Waals surface area (Å²) in [5.41, 5.74) is 7.36. The number of carbonyl (C=O) groups is 1. The summed E-state index contributed by atoms with van der Waals surface area (Å²) in [6.07, 6.45) is 0. The number of nitrogens with one attached hydrogen (secondary N) is 1. The maximum absolute atomic E-state index is 12.7. The van der Waals surface area contributed by atoms with E-state index in [1.54, 1.807) is 36.4 Å². The maximum Gasteiger partial charge on any atom is 0.271 e. The zero-order chi connectivity index (χ0) is 26.6. The molecule has 0 bridgehead atoms. The van der Waals surface area contributed by atoms with Gasteiger partial charge in [0.25, 0.3) is 5.91 Å². The highest BCUT2D eigenvalue weighted by atomic mass is 35.5. The van der Waals surface area contributed by atoms with Crippen LogP contribution in [0.2, 0.25) is 10.0 Å². The molecule has 2 aromatic heterocycles. The van der Waals surface area contributed by atoms with Gasteiger partial charge in [-0.15, -0.1) is 16.4 Å². The van der Waals surface area contributed by atoms with Gasteiger partial charge in [0.05, 0.1) is 21.3 Å². The standard InChI is InChI=1S/C29H24Cl2N4O2S/c1-3-35(4-2)21-12-10-20-14-22(29-32-25(17-38-29)19-11-13-23(30)24(31)15-19)28(37-26(20)16-21)34-33-27(36)18-8-6-5-7-9-18/h5-17H,3-4H2,1-2H3,(H,33,36). The van der Waals surface area contributed by atoms with Crippen LogP contribution in [0.4, 0.5) is 5.69 Å². The van der Waals surface area contributed by atoms with Crippen molar-refractivity contribution in [2.24, 2.45) is 5.10 Å². The molecule has 0 aliphatic rings. The van der Waals surface area contributed by atoms with E-state index in [1.807, 2.05) is 35.7 Å². The van der Waals surface area contributed by atoms with Gasteiger partial charge < -0.3 is 9.32 Å². The van der Waals surface area contributed by atoms with Crippen LogP contribution in [0.5, 0.6) is 0 Å². The first-order chi connectivity index (χ1) is 18.5. The summed E-state index contributed by atoms with van der Waals surface area (Å²) in [5, 5.41) is 8.86. The monoisotopic (exact) mass is 562 g/mol. The summed E-state index contributed by atoms with van der Waals surface area (Å²) >= 11 is 13.8. The predicted octanol–water partition coefficient (Wildman–Crippen LogP) is 7.62. The van der Waals surface area contributed by atoms with Gasteiger partial charge in [0.1, 0.15) is 10.6 Å². The Balaban J connectivity index is 1.61. The molecule has 38 heavy (non-hydrogen) atoms. The van der Waals surface area contributed by atoms with Crippen molar-refractivity contribution in [3.63, 3.8) is 0 Å². The Hall–Kier alpha value is -3.65. The minimum Gasteiger partial charge on any atom is -0.436 e. The summed E-state index contributed by atoms with van der Waals surface area (Å²) in [5.74, 6) is -0.334. The number of carbonyl (C=O) groups excluding carboxylic acids is 1. The van der Waals surface area contributed by atoms with Crippen LogP contribution in [0.15, 0.2) is 87.7 Å². The Bertz CT molecular complexity index is 1680. The highest BCUT2D eigenvalue weighted by Gasteiger charge is 2.15. The molecule has 192 valence electrons. The van der Waals surface area contributed by atoms with Crippen molar-refractivity contribution in [3.05, 3.63) is 99.3 Å². The van der Waals surface area contributed by atoms with E-state index >= 15 is 0 Å². The normalized spacial score (nSPS) is 11.6. The second-order valence-corrected chi connectivity index (χ2v) is 10.1. The number of amides is 1. The molecule has 0 aliphatic heterocycles. The molecule has 0 fully saturated rings. The number of rotatable bonds is 7. The van der Waals surface area contributed by atoms with Gasteiger partial charge in [-0.2, -0.15) is 0 Å². The average molecular weight is 564 g/mol. The fourth-order valence-electron chi connectivity index (χ4n) is 4.07. The van der Waals surface area contributed by atoms with Crippen molar-refractivity contribution >= 4 is 57.1 Å². The number of hydrogen-bond donors (Lipinski definition) is 1. The number of thiazole rings is 1. The summed E-state index contributed by atoms with van der Waals surface area (Å²) in [6.45, 7) is 5.98. The molecule has 0 saturated carbocycles. The Labute approximate surface area is 234 Å². The summed E-state index contributed by atoms with van der Waals surface area (Å²) in [4.78, 5) is 19.8. The molecule has 0 saturated heterocycles. The van der Waals surface area contributed by atoms with Crippen molar-refractivity contribution in [2.45, 2.75) is 13.8 Å². The Morgan fingerprint density at radius 3 is 2.53 bits per heavy atom. The molecular weight excluding hydrogens is 539 g/mol. The van der Waals surface area contributed by atoms with Gasteiger partial charge in [0.15, 0.2) is 0 Å². The van der Waals surface area contributed by atoms with E-state index in [0.717, 1.165) is 35.4 Å². The zero-order valence-electron chi connectivity index (χ0n) is 20.7. The van der Waals surface area contributed by atoms with E-state index in [4.69, 9.17) is 32.6 Å². The lowest BCUT2D eigenvalue weighted by Gasteiger charge is -2.21. The quantitative estimate of drug-likeness (QED) is 0.207. The first-order valence-electron chi connectivity index (χ1n) is 12.1. The molecule has 5 aromatic rings. The molecule has 6 nitrogen and oxygen atoms in total. The Morgan fingerprint density at radius 1 is 1.00 bits per heavy atom. The van der Waals surface area contributed by atoms with Gasteiger partial charge in [-0.25, -0.2) is 10.4 Å². The topological polar surface area (TPSA) is 70.7 Å². The van der Waals surface area contributed by atoms with Crippen molar-refractivity contribution in [2.75, 3.05) is 18.0 Å². The van der Waals surface area contributed by atoms with Gasteiger partial charge in [0, 0.05) is 46.7 Å². The van der Waals surface area contributed by atoms with Crippen LogP contribution in [0.25, 0.3) is 32.8 Å². The molecule has 0 spiro atoms. The molecule has 9 heteroatoms. The molecular formula is C29H24Cl2N4O2S. The summed E-state index contributed by atoms with van der Waals surface area (Å²) in [6, 6.07) is 22.4. The number of fused-ring (bicyclic) bond motifs is 1. The molecule has 0 aliphatic carbocycles. The average Bonchev–Trinajstić information content (AvgIpc) is 3.44. The van der Waals surface area contributed by atoms with Crippen LogP contribution in [0.1, 0.15) is 24.2 Å². The molecule has 0 unspecified atom stereocenters. The molecule has 0 atom stereocenters. The van der Waals surface area contributed by atoms with Crippen LogP contribution >= 0.6 is 34.5 Å². The summed E-state index contributed by atoms with van der Waals surface area (Å²) in [7, 11) is 0. The number of aromatic nitrogens is 1. The van der Waals surface area contributed by atoms with Crippen LogP contribution in [-0.4, -0.2) is 24.0 Å². The third-order valence-electron chi connectivity index (χ3n) is 6.11. The molecule has 0 radical (unpaired) electrons. The number of hydrogen-bond acceptors (Lipinski definition) is 6. The minimum atomic E-state index is -0.334. The Morgan fingerprint density at radius 2 is 1.79 bits per heavy atom. The number of nitrogens with zero attached hydrogens (tertiary/aromatic N) is 3. The summed E-state index contributed by atoms with van der Waals surface area (Å²) < 4.78 is 6.28. The highest BCUT2D eigenvalue weighted by Crippen LogP contribution is 2.32. The van der Waals surface area contributed by atoms with Crippen molar-refractivity contribution in [3.8, 4) is 21.8 Å². The first-order valence-corrected chi connectivity index (χ1v) is 13.7. The minimum absolute atomic E-state index is 0.258. The van der Waals surface area contributed by atoms with Crippen molar-refractivity contribution in [1.29, 1.82) is 0 Å². The molecule has 5 rings (SSSR count). The molecule has 2 heterocycles. The zero-order valence-corrected chi connectivity index (χ0v) is 23.1. The first kappa shape index (κ1) is 26.0. The van der Waals surface area contributed by atoms with Crippen molar-refractivity contribution < 1.29 is 9.21 Å². The predicted molar refractivity (Wildman–Crippen MR) is 156 cm³/mol. The molecule has 1 amide bonds. The van der Waals surface area contributed by atoms with E-state index in [9.17, 15) is 4.79 Å². The molecule has 1 N–H and O–H groups in total. The fraction of sp³-hybridized carbons (Fsp3) is 0.138. The third-order valence-corrected chi connectivity index (χ3v) is 7.72. The Kier molecular flexibility index (Phi) is 7.79. The van der Waals surface area contributed by atoms with E-state index < -0.39 is 0 Å². The van der Waals surface area contributed by atoms with Gasteiger partial charge in [-0.05, 0) is 56.3 Å². The lowest BCUT2D eigenvalue weighted by atomic mass is 10.1. The second-order valence-electron chi connectivity index (χ2n) is 8.45. The maximum atomic E-state index is 12.7. The van der Waals surface area contributed by atoms with Gasteiger partial charge in [-0.3, -0.25) is 4.79 Å². The largest absolute Gasteiger partial charge is 0.436 e. The fourth-order valence-corrected chi connectivity index (χ4v) is 5.20. The number of benzene rings is 3. The second kappa shape index (κ2) is 11.4. The lowest BCUT2D eigenvalue weighted by molar-refractivity contribution is 0.0951. The lowest BCUT2D eigenvalue weighted by Crippen LogP contribution is -2.22. The highest BCUT2D eigenvalue weighted by molar-refractivity contribution is 7.13. The van der Waals surface area contributed by atoms with Crippen LogP contribution < -0.4 is 15.9 Å². The molecule has 3 aromatic carbocycles. The van der Waals surface area contributed by atoms with Crippen LogP contribution in [0.3, 0.4) is 0 Å². The third kappa shape index (κ3) is 5.45. The van der Waals surface area contributed by atoms with E-state index in [2.05, 4.69) is 35.3 Å². The van der Waals surface area contributed by atoms with Gasteiger partial charge >= 0.3 is 0 Å². The smallest absolute Gasteiger partial charge is 0.271 e. The van der Waals surface area contributed by atoms with E-state index in [1.165, 1.54) is 11.3 Å². The van der Waals surface area contributed by atoms with E-state index in [-0.39, 0.29) is 11.5 Å². The van der Waals surface area contributed by atoms with Gasteiger partial charge in [-0.1, -0.05) is 47.5 Å². The van der Waals surface area contributed by atoms with E-state index in [0.29, 0.717) is 31.8 Å². The SMILES string of the molecule is CCN(CC)c1ccc2cc(-c3nc(-c4ccc(Cl)c(Cl)c4)cs3)c(=NNC(=O)c3ccccc3)oc2c1. The van der Waals surface area contributed by atoms with Crippen molar-refractivity contribution in [1.82, 2.24) is 10.4 Å².